The number of rotatable bonds is 0. The maximum atomic E-state index is 13.0. The average molecular weight is 337 g/mol. The van der Waals surface area contributed by atoms with Crippen LogP contribution < -0.4 is 0 Å². The lowest BCUT2D eigenvalue weighted by atomic mass is 9.56. The number of nitriles is 1. The molecule has 1 N–H and O–H groups in total. The van der Waals surface area contributed by atoms with Gasteiger partial charge in [0.05, 0.1) is 23.5 Å². The van der Waals surface area contributed by atoms with Gasteiger partial charge in [-0.05, 0) is 36.3 Å². The Kier molecular flexibility index (Phi) is 3.36. The third kappa shape index (κ3) is 2.08. The molecule has 0 spiro atoms. The van der Waals surface area contributed by atoms with Crippen molar-refractivity contribution >= 4 is 23.1 Å². The van der Waals surface area contributed by atoms with Crippen LogP contribution in [0.3, 0.4) is 0 Å². The van der Waals surface area contributed by atoms with E-state index in [0.29, 0.717) is 18.4 Å². The highest BCUT2D eigenvalue weighted by Crippen LogP contribution is 2.47. The summed E-state index contributed by atoms with van der Waals surface area (Å²) in [7, 11) is 0. The molecule has 0 aliphatic heterocycles. The Morgan fingerprint density at radius 3 is 2.44 bits per heavy atom. The van der Waals surface area contributed by atoms with E-state index in [1.807, 2.05) is 0 Å². The molecule has 1 aromatic carbocycles. The first kappa shape index (κ1) is 15.7. The smallest absolute Gasteiger partial charge is 0.177 e. The van der Waals surface area contributed by atoms with Gasteiger partial charge in [0.1, 0.15) is 5.75 Å². The Balaban J connectivity index is 1.76. The Labute approximate surface area is 143 Å². The quantitative estimate of drug-likeness (QED) is 0.713. The second kappa shape index (κ2) is 5.35. The Bertz CT molecular complexity index is 880. The lowest BCUT2D eigenvalue weighted by molar-refractivity contribution is -0.148. The van der Waals surface area contributed by atoms with Crippen molar-refractivity contribution in [1.29, 1.82) is 5.26 Å². The topological polar surface area (TPSA) is 112 Å². The van der Waals surface area contributed by atoms with Crippen LogP contribution in [0.1, 0.15) is 28.8 Å². The predicted molar refractivity (Wildman–Crippen MR) is 83.5 cm³/mol. The van der Waals surface area contributed by atoms with Crippen LogP contribution in [0.15, 0.2) is 18.2 Å². The number of phenols is 1. The maximum absolute atomic E-state index is 13.0. The summed E-state index contributed by atoms with van der Waals surface area (Å²) >= 11 is 0. The van der Waals surface area contributed by atoms with Gasteiger partial charge in [-0.15, -0.1) is 0 Å². The van der Waals surface area contributed by atoms with Crippen LogP contribution in [0.25, 0.3) is 0 Å². The lowest BCUT2D eigenvalue weighted by Crippen LogP contribution is -2.54. The largest absolute Gasteiger partial charge is 0.507 e. The maximum Gasteiger partial charge on any atom is 0.177 e. The molecule has 4 rings (SSSR count). The van der Waals surface area contributed by atoms with Crippen molar-refractivity contribution in [2.45, 2.75) is 19.3 Å². The van der Waals surface area contributed by atoms with Gasteiger partial charge >= 0.3 is 0 Å². The molecule has 2 fully saturated rings. The molecule has 0 bridgehead atoms. The molecule has 0 saturated heterocycles. The first-order valence-electron chi connectivity index (χ1n) is 8.29. The Morgan fingerprint density at radius 1 is 1.00 bits per heavy atom. The molecular formula is C19H15NO5. The van der Waals surface area contributed by atoms with E-state index < -0.39 is 46.8 Å². The fraction of sp³-hybridized carbons (Fsp3) is 0.421. The molecule has 25 heavy (non-hydrogen) atoms. The summed E-state index contributed by atoms with van der Waals surface area (Å²) < 4.78 is 0. The SMILES string of the molecule is N#CC1C(=O)CC2CC3Cc4cccc(O)c4C(=O)C3C(=O)C2C1=O. The number of nitrogens with zero attached hydrogens (tertiary/aromatic N) is 1. The van der Waals surface area contributed by atoms with E-state index in [2.05, 4.69) is 0 Å². The lowest BCUT2D eigenvalue weighted by Gasteiger charge is -2.43. The zero-order chi connectivity index (χ0) is 17.9. The van der Waals surface area contributed by atoms with E-state index in [9.17, 15) is 24.3 Å². The molecule has 0 heterocycles. The molecule has 3 aliphatic rings. The van der Waals surface area contributed by atoms with E-state index >= 15 is 0 Å². The molecule has 126 valence electrons. The van der Waals surface area contributed by atoms with E-state index in [1.54, 1.807) is 18.2 Å². The van der Waals surface area contributed by atoms with Crippen molar-refractivity contribution in [3.05, 3.63) is 29.3 Å². The zero-order valence-electron chi connectivity index (χ0n) is 13.3. The van der Waals surface area contributed by atoms with Gasteiger partial charge in [-0.3, -0.25) is 19.2 Å². The second-order valence-corrected chi connectivity index (χ2v) is 7.13. The van der Waals surface area contributed by atoms with Crippen molar-refractivity contribution in [3.8, 4) is 11.8 Å². The van der Waals surface area contributed by atoms with Crippen LogP contribution in [0.4, 0.5) is 0 Å². The van der Waals surface area contributed by atoms with Gasteiger partial charge in [0.25, 0.3) is 0 Å². The summed E-state index contributed by atoms with van der Waals surface area (Å²) in [6.07, 6.45) is 0.918. The molecule has 2 saturated carbocycles. The van der Waals surface area contributed by atoms with Gasteiger partial charge in [-0.2, -0.15) is 5.26 Å². The number of carbonyl (C=O) groups is 4. The molecule has 6 heteroatoms. The summed E-state index contributed by atoms with van der Waals surface area (Å²) in [4.78, 5) is 50.3. The van der Waals surface area contributed by atoms with E-state index in [1.165, 1.54) is 6.07 Å². The number of fused-ring (bicyclic) bond motifs is 3. The third-order valence-electron chi connectivity index (χ3n) is 5.81. The number of hydrogen-bond donors (Lipinski definition) is 1. The summed E-state index contributed by atoms with van der Waals surface area (Å²) in [6, 6.07) is 6.50. The van der Waals surface area contributed by atoms with Gasteiger partial charge in [-0.1, -0.05) is 12.1 Å². The van der Waals surface area contributed by atoms with Crippen LogP contribution in [-0.2, 0) is 20.8 Å². The van der Waals surface area contributed by atoms with Gasteiger partial charge in [0.15, 0.2) is 29.1 Å². The number of ketones is 4. The van der Waals surface area contributed by atoms with Crippen molar-refractivity contribution in [3.63, 3.8) is 0 Å². The molecule has 0 aromatic heterocycles. The highest BCUT2D eigenvalue weighted by molar-refractivity contribution is 6.22. The molecule has 3 aliphatic carbocycles. The fourth-order valence-electron chi connectivity index (χ4n) is 4.77. The first-order valence-corrected chi connectivity index (χ1v) is 8.29. The summed E-state index contributed by atoms with van der Waals surface area (Å²) in [5.74, 6) is -6.32. The number of hydrogen-bond acceptors (Lipinski definition) is 6. The van der Waals surface area contributed by atoms with Crippen LogP contribution in [0.2, 0.25) is 0 Å². The number of phenolic OH excluding ortho intramolecular Hbond substituents is 1. The van der Waals surface area contributed by atoms with Crippen molar-refractivity contribution in [2.24, 2.45) is 29.6 Å². The van der Waals surface area contributed by atoms with E-state index in [4.69, 9.17) is 5.26 Å². The second-order valence-electron chi connectivity index (χ2n) is 7.13. The van der Waals surface area contributed by atoms with Crippen molar-refractivity contribution in [1.82, 2.24) is 0 Å². The van der Waals surface area contributed by atoms with Crippen molar-refractivity contribution < 1.29 is 24.3 Å². The van der Waals surface area contributed by atoms with Gasteiger partial charge in [0.2, 0.25) is 0 Å². The average Bonchev–Trinajstić information content (AvgIpc) is 2.54. The van der Waals surface area contributed by atoms with Crippen LogP contribution in [0, 0.1) is 40.9 Å². The number of benzene rings is 1. The summed E-state index contributed by atoms with van der Waals surface area (Å²) in [5, 5.41) is 19.1. The number of aromatic hydroxyl groups is 1. The molecule has 0 amide bonds. The van der Waals surface area contributed by atoms with Gasteiger partial charge in [-0.25, -0.2) is 0 Å². The van der Waals surface area contributed by atoms with Gasteiger partial charge in [0, 0.05) is 6.42 Å². The minimum atomic E-state index is -1.40. The molecule has 5 unspecified atom stereocenters. The molecular weight excluding hydrogens is 322 g/mol. The predicted octanol–water partition coefficient (Wildman–Crippen LogP) is 1.25. The monoisotopic (exact) mass is 337 g/mol. The Hall–Kier alpha value is -2.81. The molecule has 6 nitrogen and oxygen atoms in total. The minimum absolute atomic E-state index is 0.0324. The fourth-order valence-corrected chi connectivity index (χ4v) is 4.77. The Morgan fingerprint density at radius 2 is 1.72 bits per heavy atom. The summed E-state index contributed by atoms with van der Waals surface area (Å²) in [6.45, 7) is 0. The van der Waals surface area contributed by atoms with E-state index in [0.717, 1.165) is 0 Å². The molecule has 5 atom stereocenters. The number of carbonyl (C=O) groups excluding carboxylic acids is 4. The normalized spacial score (nSPS) is 34.0. The summed E-state index contributed by atoms with van der Waals surface area (Å²) in [5.41, 5.74) is 0.854. The highest BCUT2D eigenvalue weighted by Gasteiger charge is 2.56. The minimum Gasteiger partial charge on any atom is -0.507 e. The van der Waals surface area contributed by atoms with Crippen LogP contribution in [-0.4, -0.2) is 28.2 Å². The standard InChI is InChI=1S/C19H15NO5/c20-7-11-13(22)6-10-5-9-4-8-2-1-3-12(21)14(8)18(24)16(9)19(25)15(10)17(11)23/h1-3,9-11,15-16,21H,4-6H2. The highest BCUT2D eigenvalue weighted by atomic mass is 16.3. The van der Waals surface area contributed by atoms with Crippen molar-refractivity contribution in [2.75, 3.05) is 0 Å². The third-order valence-corrected chi connectivity index (χ3v) is 5.81. The van der Waals surface area contributed by atoms with E-state index in [-0.39, 0.29) is 23.7 Å². The zero-order valence-corrected chi connectivity index (χ0v) is 13.3. The number of Topliss-reactive ketones (excluding diaryl/α,β-unsaturated/α-hetero) is 4. The van der Waals surface area contributed by atoms with Crippen LogP contribution in [0.5, 0.6) is 5.75 Å². The van der Waals surface area contributed by atoms with Gasteiger partial charge < -0.3 is 5.11 Å². The van der Waals surface area contributed by atoms with Crippen LogP contribution >= 0.6 is 0 Å². The molecule has 1 aromatic rings. The molecule has 0 radical (unpaired) electrons. The first-order chi connectivity index (χ1) is 11.9.